The zero-order chi connectivity index (χ0) is 19.2. The third kappa shape index (κ3) is 4.49. The quantitative estimate of drug-likeness (QED) is 0.641. The molecule has 138 valence electrons. The molecule has 0 atom stereocenters. The summed E-state index contributed by atoms with van der Waals surface area (Å²) in [6.07, 6.45) is -0.163. The average molecular weight is 367 g/mol. The average Bonchev–Trinajstić information content (AvgIpc) is 2.69. The zero-order valence-electron chi connectivity index (χ0n) is 14.5. The van der Waals surface area contributed by atoms with Crippen LogP contribution in [-0.4, -0.2) is 35.8 Å². The van der Waals surface area contributed by atoms with Crippen LogP contribution in [0.4, 0.5) is 5.69 Å². The Morgan fingerprint density at radius 2 is 1.89 bits per heavy atom. The van der Waals surface area contributed by atoms with Gasteiger partial charge in [-0.2, -0.15) is 5.10 Å². The number of aromatic nitrogens is 2. The Kier molecular flexibility index (Phi) is 5.46. The van der Waals surface area contributed by atoms with E-state index < -0.39 is 18.5 Å². The Morgan fingerprint density at radius 3 is 2.67 bits per heavy atom. The summed E-state index contributed by atoms with van der Waals surface area (Å²) >= 11 is 0. The lowest BCUT2D eigenvalue weighted by Gasteiger charge is -2.08. The van der Waals surface area contributed by atoms with Crippen LogP contribution in [0.15, 0.2) is 53.3 Å². The second kappa shape index (κ2) is 8.13. The molecule has 0 aliphatic rings. The topological polar surface area (TPSA) is 110 Å². The first kappa shape index (κ1) is 18.1. The second-order valence-corrected chi connectivity index (χ2v) is 5.66. The van der Waals surface area contributed by atoms with Crippen molar-refractivity contribution >= 4 is 28.3 Å². The Hall–Kier alpha value is -3.68. The molecule has 1 aromatic heterocycles. The van der Waals surface area contributed by atoms with Gasteiger partial charge >= 0.3 is 5.97 Å². The number of H-pyrrole nitrogens is 1. The highest BCUT2D eigenvalue weighted by Gasteiger charge is 2.13. The molecule has 0 unspecified atom stereocenters. The summed E-state index contributed by atoms with van der Waals surface area (Å²) in [5.41, 5.74) is 0.576. The van der Waals surface area contributed by atoms with Gasteiger partial charge in [-0.15, -0.1) is 0 Å². The van der Waals surface area contributed by atoms with Crippen molar-refractivity contribution in [3.05, 3.63) is 64.6 Å². The molecule has 0 radical (unpaired) electrons. The molecule has 27 heavy (non-hydrogen) atoms. The fraction of sp³-hybridized carbons (Fsp3) is 0.158. The number of aromatic amines is 1. The number of rotatable bonds is 6. The van der Waals surface area contributed by atoms with E-state index in [-0.39, 0.29) is 12.0 Å². The van der Waals surface area contributed by atoms with Gasteiger partial charge in [-0.3, -0.25) is 14.4 Å². The molecule has 2 aromatic carbocycles. The molecule has 0 saturated heterocycles. The number of carbonyl (C=O) groups excluding carboxylic acids is 2. The lowest BCUT2D eigenvalue weighted by atomic mass is 10.1. The number of esters is 1. The van der Waals surface area contributed by atoms with Crippen LogP contribution in [0, 0.1) is 0 Å². The monoisotopic (exact) mass is 367 g/mol. The number of hydrogen-bond donors (Lipinski definition) is 2. The van der Waals surface area contributed by atoms with Gasteiger partial charge in [0.1, 0.15) is 5.75 Å². The number of benzene rings is 2. The molecular weight excluding hydrogens is 350 g/mol. The highest BCUT2D eigenvalue weighted by molar-refractivity contribution is 5.93. The molecule has 0 bridgehead atoms. The minimum Gasteiger partial charge on any atom is -0.497 e. The standard InChI is InChI=1S/C19H17N3O5/c1-26-13-6-4-5-12(9-13)20-17(23)11-27-18(24)10-16-14-7-2-3-8-15(14)19(25)22-21-16/h2-9H,10-11H2,1H3,(H,20,23)(H,22,25). The van der Waals surface area contributed by atoms with Gasteiger partial charge in [0.15, 0.2) is 6.61 Å². The first-order chi connectivity index (χ1) is 13.1. The number of hydrogen-bond acceptors (Lipinski definition) is 6. The lowest BCUT2D eigenvalue weighted by Crippen LogP contribution is -2.22. The highest BCUT2D eigenvalue weighted by Crippen LogP contribution is 2.16. The Balaban J connectivity index is 1.59. The molecule has 0 spiro atoms. The SMILES string of the molecule is COc1cccc(NC(=O)COC(=O)Cc2n[nH]c(=O)c3ccccc23)c1. The molecule has 0 saturated carbocycles. The van der Waals surface area contributed by atoms with Crippen molar-refractivity contribution in [3.8, 4) is 5.75 Å². The first-order valence-electron chi connectivity index (χ1n) is 8.12. The molecular formula is C19H17N3O5. The van der Waals surface area contributed by atoms with E-state index in [0.29, 0.717) is 27.9 Å². The third-order valence-corrected chi connectivity index (χ3v) is 3.80. The molecule has 0 fully saturated rings. The van der Waals surface area contributed by atoms with E-state index in [1.807, 2.05) is 0 Å². The largest absolute Gasteiger partial charge is 0.497 e. The number of carbonyl (C=O) groups is 2. The number of amides is 1. The number of nitrogens with one attached hydrogen (secondary N) is 2. The molecule has 0 aliphatic carbocycles. The van der Waals surface area contributed by atoms with Crippen LogP contribution >= 0.6 is 0 Å². The fourth-order valence-corrected chi connectivity index (χ4v) is 2.54. The van der Waals surface area contributed by atoms with Crippen LogP contribution in [0.2, 0.25) is 0 Å². The normalized spacial score (nSPS) is 10.4. The molecule has 2 N–H and O–H groups in total. The van der Waals surface area contributed by atoms with Crippen molar-refractivity contribution in [2.75, 3.05) is 19.0 Å². The summed E-state index contributed by atoms with van der Waals surface area (Å²) in [6, 6.07) is 13.6. The smallest absolute Gasteiger partial charge is 0.312 e. The van der Waals surface area contributed by atoms with Crippen molar-refractivity contribution in [1.82, 2.24) is 10.2 Å². The molecule has 8 heteroatoms. The van der Waals surface area contributed by atoms with E-state index in [0.717, 1.165) is 0 Å². The van der Waals surface area contributed by atoms with Gasteiger partial charge in [0.25, 0.3) is 11.5 Å². The Labute approximate surface area is 154 Å². The second-order valence-electron chi connectivity index (χ2n) is 5.66. The molecule has 1 heterocycles. The molecule has 3 aromatic rings. The van der Waals surface area contributed by atoms with Crippen molar-refractivity contribution < 1.29 is 19.1 Å². The van der Waals surface area contributed by atoms with Gasteiger partial charge in [0.2, 0.25) is 0 Å². The summed E-state index contributed by atoms with van der Waals surface area (Å²) in [5.74, 6) is -0.503. The van der Waals surface area contributed by atoms with Crippen LogP contribution in [-0.2, 0) is 20.7 Å². The third-order valence-electron chi connectivity index (χ3n) is 3.80. The number of anilines is 1. The number of ether oxygens (including phenoxy) is 2. The van der Waals surface area contributed by atoms with Crippen molar-refractivity contribution in [3.63, 3.8) is 0 Å². The fourth-order valence-electron chi connectivity index (χ4n) is 2.54. The Bertz CT molecular complexity index is 1040. The van der Waals surface area contributed by atoms with Gasteiger partial charge in [0.05, 0.1) is 24.6 Å². The predicted molar refractivity (Wildman–Crippen MR) is 98.7 cm³/mol. The molecule has 0 aliphatic heterocycles. The Morgan fingerprint density at radius 1 is 1.11 bits per heavy atom. The van der Waals surface area contributed by atoms with E-state index in [2.05, 4.69) is 15.5 Å². The van der Waals surface area contributed by atoms with Crippen molar-refractivity contribution in [1.29, 1.82) is 0 Å². The van der Waals surface area contributed by atoms with Gasteiger partial charge in [-0.05, 0) is 18.2 Å². The van der Waals surface area contributed by atoms with Crippen LogP contribution in [0.5, 0.6) is 5.75 Å². The van der Waals surface area contributed by atoms with Crippen LogP contribution in [0.1, 0.15) is 5.69 Å². The summed E-state index contributed by atoms with van der Waals surface area (Å²) in [6.45, 7) is -0.433. The molecule has 1 amide bonds. The van der Waals surface area contributed by atoms with Crippen LogP contribution < -0.4 is 15.6 Å². The minimum atomic E-state index is -0.625. The zero-order valence-corrected chi connectivity index (χ0v) is 14.5. The highest BCUT2D eigenvalue weighted by atomic mass is 16.5. The maximum Gasteiger partial charge on any atom is 0.312 e. The van der Waals surface area contributed by atoms with E-state index in [1.165, 1.54) is 7.11 Å². The maximum atomic E-state index is 12.0. The molecule has 8 nitrogen and oxygen atoms in total. The summed E-state index contributed by atoms with van der Waals surface area (Å²) < 4.78 is 10.1. The van der Waals surface area contributed by atoms with E-state index in [4.69, 9.17) is 9.47 Å². The lowest BCUT2D eigenvalue weighted by molar-refractivity contribution is -0.146. The predicted octanol–water partition coefficient (Wildman–Crippen LogP) is 1.66. The van der Waals surface area contributed by atoms with Gasteiger partial charge in [-0.25, -0.2) is 5.10 Å². The number of nitrogens with zero attached hydrogens (tertiary/aromatic N) is 1. The van der Waals surface area contributed by atoms with Crippen LogP contribution in [0.3, 0.4) is 0 Å². The first-order valence-corrected chi connectivity index (χ1v) is 8.12. The summed E-state index contributed by atoms with van der Waals surface area (Å²) in [4.78, 5) is 35.7. The number of fused-ring (bicyclic) bond motifs is 1. The van der Waals surface area contributed by atoms with Gasteiger partial charge in [0, 0.05) is 17.1 Å². The van der Waals surface area contributed by atoms with Crippen LogP contribution in [0.25, 0.3) is 10.8 Å². The summed E-state index contributed by atoms with van der Waals surface area (Å²) in [5, 5.41) is 9.88. The minimum absolute atomic E-state index is 0.163. The summed E-state index contributed by atoms with van der Waals surface area (Å²) in [7, 11) is 1.53. The van der Waals surface area contributed by atoms with Crippen molar-refractivity contribution in [2.45, 2.75) is 6.42 Å². The maximum absolute atomic E-state index is 12.0. The van der Waals surface area contributed by atoms with Gasteiger partial charge in [-0.1, -0.05) is 24.3 Å². The van der Waals surface area contributed by atoms with E-state index in [9.17, 15) is 14.4 Å². The van der Waals surface area contributed by atoms with E-state index >= 15 is 0 Å². The van der Waals surface area contributed by atoms with E-state index in [1.54, 1.807) is 48.5 Å². The van der Waals surface area contributed by atoms with Crippen molar-refractivity contribution in [2.24, 2.45) is 0 Å². The molecule has 3 rings (SSSR count). The van der Waals surface area contributed by atoms with Gasteiger partial charge < -0.3 is 14.8 Å². The number of methoxy groups -OCH3 is 1.